The lowest BCUT2D eigenvalue weighted by atomic mass is 10.1. The fourth-order valence-electron chi connectivity index (χ4n) is 3.21. The fraction of sp³-hybridized carbons (Fsp3) is 0.471. The maximum atomic E-state index is 13.1. The Hall–Kier alpha value is -1.73. The second-order valence-corrected chi connectivity index (χ2v) is 8.79. The van der Waals surface area contributed by atoms with Gasteiger partial charge in [-0.15, -0.1) is 0 Å². The van der Waals surface area contributed by atoms with Crippen molar-refractivity contribution in [2.24, 2.45) is 0 Å². The van der Waals surface area contributed by atoms with Crippen molar-refractivity contribution in [3.8, 4) is 11.3 Å². The van der Waals surface area contributed by atoms with Crippen molar-refractivity contribution in [1.82, 2.24) is 15.1 Å². The largest absolute Gasteiger partial charge is 0.298 e. The number of likely N-dealkylation sites (tertiary alicyclic amines) is 1. The molecule has 7 heteroatoms. The van der Waals surface area contributed by atoms with E-state index in [9.17, 15) is 12.8 Å². The van der Waals surface area contributed by atoms with Crippen LogP contribution in [0.5, 0.6) is 0 Å². The predicted molar refractivity (Wildman–Crippen MR) is 91.7 cm³/mol. The van der Waals surface area contributed by atoms with Crippen molar-refractivity contribution in [2.45, 2.75) is 31.1 Å². The minimum atomic E-state index is -3.03. The Morgan fingerprint density at radius 1 is 1.29 bits per heavy atom. The van der Waals surface area contributed by atoms with Gasteiger partial charge in [-0.3, -0.25) is 10.00 Å². The van der Waals surface area contributed by atoms with Crippen LogP contribution in [-0.4, -0.2) is 48.1 Å². The van der Waals surface area contributed by atoms with Crippen LogP contribution in [0.3, 0.4) is 0 Å². The third-order valence-electron chi connectivity index (χ3n) is 4.56. The molecular weight excluding hydrogens is 329 g/mol. The Balaban J connectivity index is 1.78. The minimum absolute atomic E-state index is 0.275. The second kappa shape index (κ2) is 7.03. The average molecular weight is 351 g/mol. The summed E-state index contributed by atoms with van der Waals surface area (Å²) in [6.07, 6.45) is 5.74. The lowest BCUT2D eigenvalue weighted by Crippen LogP contribution is -2.34. The van der Waals surface area contributed by atoms with Gasteiger partial charge in [-0.25, -0.2) is 12.8 Å². The SMILES string of the molecule is CS(=O)(=O)C1CCCCN(Cc2cn[nH]c2-c2ccc(F)cc2)C1. The number of hydrogen-bond acceptors (Lipinski definition) is 4. The predicted octanol–water partition coefficient (Wildman–Crippen LogP) is 2.61. The molecule has 1 aliphatic rings. The topological polar surface area (TPSA) is 66.1 Å². The summed E-state index contributed by atoms with van der Waals surface area (Å²) in [4.78, 5) is 2.18. The standard InChI is InChI=1S/C17H22FN3O2S/c1-24(22,23)16-4-2-3-9-21(12-16)11-14-10-19-20-17(14)13-5-7-15(18)8-6-13/h5-8,10,16H,2-4,9,11-12H2,1H3,(H,19,20). The van der Waals surface area contributed by atoms with Crippen LogP contribution in [0.15, 0.2) is 30.5 Å². The molecule has 0 saturated carbocycles. The highest BCUT2D eigenvalue weighted by molar-refractivity contribution is 7.91. The number of nitrogens with zero attached hydrogens (tertiary/aromatic N) is 2. The van der Waals surface area contributed by atoms with E-state index in [-0.39, 0.29) is 11.1 Å². The molecule has 1 aromatic heterocycles. The number of halogens is 1. The molecule has 1 aromatic carbocycles. The van der Waals surface area contributed by atoms with Crippen LogP contribution < -0.4 is 0 Å². The number of benzene rings is 1. The van der Waals surface area contributed by atoms with Crippen molar-refractivity contribution < 1.29 is 12.8 Å². The number of aromatic amines is 1. The van der Waals surface area contributed by atoms with Crippen molar-refractivity contribution in [3.05, 3.63) is 41.8 Å². The molecule has 24 heavy (non-hydrogen) atoms. The molecule has 1 atom stereocenters. The molecule has 130 valence electrons. The maximum Gasteiger partial charge on any atom is 0.151 e. The summed E-state index contributed by atoms with van der Waals surface area (Å²) in [7, 11) is -3.03. The van der Waals surface area contributed by atoms with Gasteiger partial charge >= 0.3 is 0 Å². The molecular formula is C17H22FN3O2S. The number of H-pyrrole nitrogens is 1. The van der Waals surface area contributed by atoms with E-state index in [1.807, 2.05) is 0 Å². The van der Waals surface area contributed by atoms with Gasteiger partial charge in [0.1, 0.15) is 5.82 Å². The molecule has 1 saturated heterocycles. The van der Waals surface area contributed by atoms with Crippen LogP contribution in [0.2, 0.25) is 0 Å². The van der Waals surface area contributed by atoms with E-state index in [1.54, 1.807) is 18.3 Å². The first-order valence-electron chi connectivity index (χ1n) is 8.13. The van der Waals surface area contributed by atoms with Crippen LogP contribution >= 0.6 is 0 Å². The lowest BCUT2D eigenvalue weighted by molar-refractivity contribution is 0.278. The highest BCUT2D eigenvalue weighted by Gasteiger charge is 2.26. The van der Waals surface area contributed by atoms with E-state index in [1.165, 1.54) is 18.4 Å². The molecule has 0 radical (unpaired) electrons. The number of hydrogen-bond donors (Lipinski definition) is 1. The Morgan fingerprint density at radius 3 is 2.75 bits per heavy atom. The summed E-state index contributed by atoms with van der Waals surface area (Å²) in [5, 5.41) is 6.78. The minimum Gasteiger partial charge on any atom is -0.298 e. The van der Waals surface area contributed by atoms with Crippen LogP contribution in [0.4, 0.5) is 4.39 Å². The molecule has 5 nitrogen and oxygen atoms in total. The molecule has 1 fully saturated rings. The highest BCUT2D eigenvalue weighted by Crippen LogP contribution is 2.24. The second-order valence-electron chi connectivity index (χ2n) is 6.46. The number of rotatable bonds is 4. The van der Waals surface area contributed by atoms with Crippen molar-refractivity contribution in [2.75, 3.05) is 19.3 Å². The van der Waals surface area contributed by atoms with Crippen molar-refractivity contribution >= 4 is 9.84 Å². The van der Waals surface area contributed by atoms with E-state index < -0.39 is 9.84 Å². The molecule has 1 unspecified atom stereocenters. The number of nitrogens with one attached hydrogen (secondary N) is 1. The van der Waals surface area contributed by atoms with Gasteiger partial charge in [0.25, 0.3) is 0 Å². The normalized spacial score (nSPS) is 20.0. The van der Waals surface area contributed by atoms with Gasteiger partial charge in [0.05, 0.1) is 17.1 Å². The quantitative estimate of drug-likeness (QED) is 0.920. The summed E-state index contributed by atoms with van der Waals surface area (Å²) < 4.78 is 37.0. The van der Waals surface area contributed by atoms with E-state index in [0.29, 0.717) is 13.1 Å². The zero-order valence-electron chi connectivity index (χ0n) is 13.7. The molecule has 0 bridgehead atoms. The van der Waals surface area contributed by atoms with E-state index >= 15 is 0 Å². The Morgan fingerprint density at radius 2 is 2.04 bits per heavy atom. The van der Waals surface area contributed by atoms with Gasteiger partial charge in [0.15, 0.2) is 9.84 Å². The summed E-state index contributed by atoms with van der Waals surface area (Å²) in [5.41, 5.74) is 2.73. The average Bonchev–Trinajstić information content (AvgIpc) is 2.83. The first-order valence-corrected chi connectivity index (χ1v) is 10.1. The Labute approximate surface area is 141 Å². The molecule has 1 aliphatic heterocycles. The third kappa shape index (κ3) is 4.02. The van der Waals surface area contributed by atoms with Crippen LogP contribution in [0.1, 0.15) is 24.8 Å². The number of aromatic nitrogens is 2. The Bertz CT molecular complexity index is 786. The van der Waals surface area contributed by atoms with E-state index in [0.717, 1.165) is 42.6 Å². The molecule has 1 N–H and O–H groups in total. The molecule has 0 amide bonds. The first-order chi connectivity index (χ1) is 11.4. The van der Waals surface area contributed by atoms with Crippen LogP contribution in [0, 0.1) is 5.82 Å². The zero-order valence-corrected chi connectivity index (χ0v) is 14.5. The van der Waals surface area contributed by atoms with Gasteiger partial charge < -0.3 is 0 Å². The molecule has 0 aliphatic carbocycles. The molecule has 3 rings (SSSR count). The summed E-state index contributed by atoms with van der Waals surface area (Å²) in [5.74, 6) is -0.275. The van der Waals surface area contributed by atoms with Crippen molar-refractivity contribution in [3.63, 3.8) is 0 Å². The lowest BCUT2D eigenvalue weighted by Gasteiger charge is -2.23. The maximum absolute atomic E-state index is 13.1. The highest BCUT2D eigenvalue weighted by atomic mass is 32.2. The summed E-state index contributed by atoms with van der Waals surface area (Å²) >= 11 is 0. The van der Waals surface area contributed by atoms with Gasteiger partial charge in [-0.05, 0) is 43.7 Å². The van der Waals surface area contributed by atoms with Gasteiger partial charge in [-0.2, -0.15) is 5.10 Å². The smallest absolute Gasteiger partial charge is 0.151 e. The van der Waals surface area contributed by atoms with Crippen LogP contribution in [-0.2, 0) is 16.4 Å². The van der Waals surface area contributed by atoms with E-state index in [4.69, 9.17) is 0 Å². The fourth-order valence-corrected chi connectivity index (χ4v) is 4.29. The summed E-state index contributed by atoms with van der Waals surface area (Å²) in [6.45, 7) is 2.06. The van der Waals surface area contributed by atoms with Crippen molar-refractivity contribution in [1.29, 1.82) is 0 Å². The van der Waals surface area contributed by atoms with E-state index in [2.05, 4.69) is 15.1 Å². The first kappa shape index (κ1) is 17.1. The molecule has 2 aromatic rings. The molecule has 0 spiro atoms. The van der Waals surface area contributed by atoms with Gasteiger partial charge in [0.2, 0.25) is 0 Å². The van der Waals surface area contributed by atoms with Gasteiger partial charge in [0, 0.05) is 30.5 Å². The third-order valence-corrected chi connectivity index (χ3v) is 6.16. The monoisotopic (exact) mass is 351 g/mol. The van der Waals surface area contributed by atoms with Crippen LogP contribution in [0.25, 0.3) is 11.3 Å². The zero-order chi connectivity index (χ0) is 17.2. The summed E-state index contributed by atoms with van der Waals surface area (Å²) in [6, 6.07) is 6.28. The molecule has 2 heterocycles. The Kier molecular flexibility index (Phi) is 5.01. The number of sulfone groups is 1. The van der Waals surface area contributed by atoms with Gasteiger partial charge in [-0.1, -0.05) is 6.42 Å².